The Bertz CT molecular complexity index is 802. The average Bonchev–Trinajstić information content (AvgIpc) is 2.54. The van der Waals surface area contributed by atoms with E-state index in [1.54, 1.807) is 12.1 Å². The van der Waals surface area contributed by atoms with Crippen LogP contribution in [-0.2, 0) is 0 Å². The number of anilines is 2. The van der Waals surface area contributed by atoms with Crippen molar-refractivity contribution >= 4 is 17.5 Å². The molecule has 0 unspecified atom stereocenters. The van der Waals surface area contributed by atoms with Gasteiger partial charge in [0.05, 0.1) is 5.71 Å². The molecule has 0 saturated carbocycles. The zero-order valence-corrected chi connectivity index (χ0v) is 13.7. The summed E-state index contributed by atoms with van der Waals surface area (Å²) < 4.78 is 0. The van der Waals surface area contributed by atoms with Crippen LogP contribution < -0.4 is 21.9 Å². The fourth-order valence-electron chi connectivity index (χ4n) is 2.85. The van der Waals surface area contributed by atoms with Gasteiger partial charge in [-0.25, -0.2) is 0 Å². The summed E-state index contributed by atoms with van der Waals surface area (Å²) in [6.07, 6.45) is 1.64. The molecule has 2 aromatic rings. The summed E-state index contributed by atoms with van der Waals surface area (Å²) in [5.41, 5.74) is 12.4. The van der Waals surface area contributed by atoms with E-state index in [-0.39, 0.29) is 22.6 Å². The standard InChI is InChI=1S/C17H22N6O/c1-17(20)7-9-23(10-8-17)16-21-14(19)12(15(24)22-16)13(18)11-5-3-2-4-6-11/h2-6,18H,7-10,20H2,1H3,(H3,19,21,22,24). The van der Waals surface area contributed by atoms with E-state index in [1.165, 1.54) is 0 Å². The van der Waals surface area contributed by atoms with Gasteiger partial charge >= 0.3 is 0 Å². The summed E-state index contributed by atoms with van der Waals surface area (Å²) in [6.45, 7) is 3.45. The number of nitrogen functional groups attached to an aromatic ring is 1. The quantitative estimate of drug-likeness (QED) is 0.628. The van der Waals surface area contributed by atoms with Gasteiger partial charge in [0.15, 0.2) is 0 Å². The van der Waals surface area contributed by atoms with Crippen molar-refractivity contribution in [1.82, 2.24) is 9.97 Å². The number of piperidine rings is 1. The van der Waals surface area contributed by atoms with Crippen LogP contribution in [0, 0.1) is 5.41 Å². The van der Waals surface area contributed by atoms with Gasteiger partial charge in [0.25, 0.3) is 5.56 Å². The van der Waals surface area contributed by atoms with E-state index in [0.717, 1.165) is 12.8 Å². The van der Waals surface area contributed by atoms with Crippen LogP contribution in [0.25, 0.3) is 0 Å². The molecule has 1 fully saturated rings. The van der Waals surface area contributed by atoms with Crippen molar-refractivity contribution in [3.05, 3.63) is 51.8 Å². The van der Waals surface area contributed by atoms with Crippen LogP contribution in [0.2, 0.25) is 0 Å². The summed E-state index contributed by atoms with van der Waals surface area (Å²) in [4.78, 5) is 21.5. The SMILES string of the molecule is CC1(N)CCN(c2nc(N)c(C(=N)c3ccccc3)c(=O)[nH]2)CC1. The van der Waals surface area contributed by atoms with Crippen LogP contribution in [0.1, 0.15) is 30.9 Å². The molecule has 0 amide bonds. The Balaban J connectivity index is 1.90. The van der Waals surface area contributed by atoms with Crippen molar-refractivity contribution in [2.75, 3.05) is 23.7 Å². The third kappa shape index (κ3) is 3.16. The molecule has 24 heavy (non-hydrogen) atoms. The molecule has 0 radical (unpaired) electrons. The minimum atomic E-state index is -0.396. The lowest BCUT2D eigenvalue weighted by molar-refractivity contribution is 0.362. The Morgan fingerprint density at radius 2 is 1.92 bits per heavy atom. The molecule has 126 valence electrons. The van der Waals surface area contributed by atoms with E-state index >= 15 is 0 Å². The Labute approximate surface area is 140 Å². The smallest absolute Gasteiger partial charge is 0.263 e. The third-order valence-corrected chi connectivity index (χ3v) is 4.45. The fraction of sp³-hybridized carbons (Fsp3) is 0.353. The molecule has 7 nitrogen and oxygen atoms in total. The van der Waals surface area contributed by atoms with E-state index in [9.17, 15) is 4.79 Å². The fourth-order valence-corrected chi connectivity index (χ4v) is 2.85. The highest BCUT2D eigenvalue weighted by atomic mass is 16.1. The molecule has 3 rings (SSSR count). The zero-order valence-electron chi connectivity index (χ0n) is 13.7. The van der Waals surface area contributed by atoms with Gasteiger partial charge in [-0.15, -0.1) is 0 Å². The Morgan fingerprint density at radius 3 is 2.50 bits per heavy atom. The van der Waals surface area contributed by atoms with Crippen LogP contribution in [0.4, 0.5) is 11.8 Å². The molecule has 7 heteroatoms. The van der Waals surface area contributed by atoms with Gasteiger partial charge in [0.2, 0.25) is 5.95 Å². The van der Waals surface area contributed by atoms with Crippen LogP contribution in [-0.4, -0.2) is 34.3 Å². The molecule has 0 aliphatic carbocycles. The number of hydrogen-bond acceptors (Lipinski definition) is 6. The van der Waals surface area contributed by atoms with E-state index in [4.69, 9.17) is 16.9 Å². The van der Waals surface area contributed by atoms with Crippen molar-refractivity contribution < 1.29 is 0 Å². The summed E-state index contributed by atoms with van der Waals surface area (Å²) >= 11 is 0. The minimum absolute atomic E-state index is 0.0709. The average molecular weight is 326 g/mol. The number of aromatic nitrogens is 2. The van der Waals surface area contributed by atoms with Crippen molar-refractivity contribution in [2.45, 2.75) is 25.3 Å². The Morgan fingerprint density at radius 1 is 1.29 bits per heavy atom. The zero-order chi connectivity index (χ0) is 17.3. The number of aromatic amines is 1. The largest absolute Gasteiger partial charge is 0.383 e. The summed E-state index contributed by atoms with van der Waals surface area (Å²) in [5.74, 6) is 0.515. The number of rotatable bonds is 3. The first-order valence-corrected chi connectivity index (χ1v) is 7.95. The Hall–Kier alpha value is -2.67. The first-order chi connectivity index (χ1) is 11.4. The molecule has 1 saturated heterocycles. The third-order valence-electron chi connectivity index (χ3n) is 4.45. The number of hydrogen-bond donors (Lipinski definition) is 4. The monoisotopic (exact) mass is 326 g/mol. The van der Waals surface area contributed by atoms with E-state index in [0.29, 0.717) is 24.6 Å². The molecule has 1 aliphatic rings. The van der Waals surface area contributed by atoms with Crippen molar-refractivity contribution in [1.29, 1.82) is 5.41 Å². The lowest BCUT2D eigenvalue weighted by Crippen LogP contribution is -2.49. The van der Waals surface area contributed by atoms with Gasteiger partial charge in [-0.3, -0.25) is 15.2 Å². The van der Waals surface area contributed by atoms with E-state index < -0.39 is 5.56 Å². The highest BCUT2D eigenvalue weighted by molar-refractivity contribution is 6.13. The van der Waals surface area contributed by atoms with Gasteiger partial charge in [0, 0.05) is 24.2 Å². The number of nitrogens with zero attached hydrogens (tertiary/aromatic N) is 2. The summed E-state index contributed by atoms with van der Waals surface area (Å²) in [5, 5.41) is 8.25. The normalized spacial score (nSPS) is 16.8. The van der Waals surface area contributed by atoms with Crippen LogP contribution in [0.3, 0.4) is 0 Å². The second kappa shape index (κ2) is 6.09. The Kier molecular flexibility index (Phi) is 4.11. The second-order valence-electron chi connectivity index (χ2n) is 6.53. The summed E-state index contributed by atoms with van der Waals surface area (Å²) in [7, 11) is 0. The van der Waals surface area contributed by atoms with Gasteiger partial charge in [-0.2, -0.15) is 4.98 Å². The molecule has 1 aromatic carbocycles. The van der Waals surface area contributed by atoms with Gasteiger partial charge < -0.3 is 16.4 Å². The number of nitrogens with two attached hydrogens (primary N) is 2. The maximum Gasteiger partial charge on any atom is 0.263 e. The predicted molar refractivity (Wildman–Crippen MR) is 95.7 cm³/mol. The lowest BCUT2D eigenvalue weighted by Gasteiger charge is -2.37. The molecular formula is C17H22N6O. The van der Waals surface area contributed by atoms with Crippen LogP contribution in [0.15, 0.2) is 35.1 Å². The van der Waals surface area contributed by atoms with E-state index in [2.05, 4.69) is 9.97 Å². The molecule has 6 N–H and O–H groups in total. The first-order valence-electron chi connectivity index (χ1n) is 7.95. The topological polar surface area (TPSA) is 125 Å². The minimum Gasteiger partial charge on any atom is -0.383 e. The van der Waals surface area contributed by atoms with Crippen LogP contribution >= 0.6 is 0 Å². The number of benzene rings is 1. The first kappa shape index (κ1) is 16.2. The number of H-pyrrole nitrogens is 1. The van der Waals surface area contributed by atoms with Crippen molar-refractivity contribution in [3.63, 3.8) is 0 Å². The van der Waals surface area contributed by atoms with Gasteiger partial charge in [-0.1, -0.05) is 30.3 Å². The van der Waals surface area contributed by atoms with Crippen molar-refractivity contribution in [3.8, 4) is 0 Å². The van der Waals surface area contributed by atoms with Gasteiger partial charge in [0.1, 0.15) is 11.4 Å². The molecular weight excluding hydrogens is 304 g/mol. The lowest BCUT2D eigenvalue weighted by atomic mass is 9.91. The molecule has 0 atom stereocenters. The summed E-state index contributed by atoms with van der Waals surface area (Å²) in [6, 6.07) is 9.01. The number of nitrogens with one attached hydrogen (secondary N) is 2. The maximum atomic E-state index is 12.5. The molecule has 1 aliphatic heterocycles. The highest BCUT2D eigenvalue weighted by Gasteiger charge is 2.27. The molecule has 0 spiro atoms. The predicted octanol–water partition coefficient (Wildman–Crippen LogP) is 1.09. The molecule has 0 bridgehead atoms. The molecule has 1 aromatic heterocycles. The van der Waals surface area contributed by atoms with Crippen LogP contribution in [0.5, 0.6) is 0 Å². The van der Waals surface area contributed by atoms with Crippen molar-refractivity contribution in [2.24, 2.45) is 5.73 Å². The highest BCUT2D eigenvalue weighted by Crippen LogP contribution is 2.22. The van der Waals surface area contributed by atoms with Gasteiger partial charge in [-0.05, 0) is 19.8 Å². The second-order valence-corrected chi connectivity index (χ2v) is 6.53. The van der Waals surface area contributed by atoms with E-state index in [1.807, 2.05) is 30.0 Å². The molecule has 2 heterocycles. The maximum absolute atomic E-state index is 12.5.